The minimum absolute atomic E-state index is 0.0332. The summed E-state index contributed by atoms with van der Waals surface area (Å²) in [5.74, 6) is 0.658. The molecule has 0 spiro atoms. The summed E-state index contributed by atoms with van der Waals surface area (Å²) < 4.78 is 1.96. The number of carbonyl (C=O) groups is 1. The highest BCUT2D eigenvalue weighted by molar-refractivity contribution is 7.21. The lowest BCUT2D eigenvalue weighted by Crippen LogP contribution is -2.32. The molecule has 0 aliphatic heterocycles. The Morgan fingerprint density at radius 2 is 2.00 bits per heavy atom. The molecule has 2 N–H and O–H groups in total. The third kappa shape index (κ3) is 3.67. The number of fused-ring (bicyclic) bond motifs is 3. The number of thiazole rings is 1. The third-order valence-corrected chi connectivity index (χ3v) is 5.59. The van der Waals surface area contributed by atoms with Gasteiger partial charge in [0.1, 0.15) is 26.4 Å². The van der Waals surface area contributed by atoms with Crippen LogP contribution >= 0.6 is 11.3 Å². The number of rotatable bonds is 4. The highest BCUT2D eigenvalue weighted by Gasteiger charge is 2.18. The van der Waals surface area contributed by atoms with Gasteiger partial charge in [-0.15, -0.1) is 0 Å². The Kier molecular flexibility index (Phi) is 4.74. The van der Waals surface area contributed by atoms with Gasteiger partial charge < -0.3 is 15.2 Å². The van der Waals surface area contributed by atoms with Crippen molar-refractivity contribution in [2.24, 2.45) is 12.5 Å². The molecule has 0 saturated carbocycles. The van der Waals surface area contributed by atoms with Gasteiger partial charge in [-0.25, -0.2) is 15.0 Å². The smallest absolute Gasteiger partial charge is 0.251 e. The zero-order valence-corrected chi connectivity index (χ0v) is 18.0. The molecule has 0 aliphatic carbocycles. The molecule has 0 saturated heterocycles. The average Bonchev–Trinajstić information content (AvgIpc) is 3.28. The molecule has 0 bridgehead atoms. The number of pyridine rings is 1. The fourth-order valence-electron chi connectivity index (χ4n) is 3.12. The molecule has 0 unspecified atom stereocenters. The molecular formula is C21H24N6OS. The predicted molar refractivity (Wildman–Crippen MR) is 118 cm³/mol. The fourth-order valence-corrected chi connectivity index (χ4v) is 4.06. The summed E-state index contributed by atoms with van der Waals surface area (Å²) in [6.45, 7) is 6.90. The van der Waals surface area contributed by atoms with Crippen LogP contribution in [0.15, 0.2) is 30.6 Å². The monoisotopic (exact) mass is 408 g/mol. The van der Waals surface area contributed by atoms with E-state index >= 15 is 0 Å². The maximum absolute atomic E-state index is 12.6. The summed E-state index contributed by atoms with van der Waals surface area (Å²) in [7, 11) is 3.79. The first-order valence-electron chi connectivity index (χ1n) is 9.45. The van der Waals surface area contributed by atoms with Gasteiger partial charge in [-0.1, -0.05) is 44.2 Å². The van der Waals surface area contributed by atoms with Gasteiger partial charge in [-0.3, -0.25) is 4.79 Å². The van der Waals surface area contributed by atoms with Crippen molar-refractivity contribution in [2.75, 3.05) is 18.9 Å². The van der Waals surface area contributed by atoms with E-state index in [-0.39, 0.29) is 11.3 Å². The van der Waals surface area contributed by atoms with Crippen LogP contribution in [0.25, 0.3) is 32.0 Å². The molecule has 150 valence electrons. The second-order valence-electron chi connectivity index (χ2n) is 8.26. The minimum Gasteiger partial charge on any atom is -0.371 e. The molecule has 0 fully saturated rings. The summed E-state index contributed by atoms with van der Waals surface area (Å²) in [6, 6.07) is 7.57. The van der Waals surface area contributed by atoms with Crippen LogP contribution in [0.4, 0.5) is 5.82 Å². The van der Waals surface area contributed by atoms with E-state index in [9.17, 15) is 4.79 Å². The first-order chi connectivity index (χ1) is 13.8. The minimum atomic E-state index is -0.0764. The Morgan fingerprint density at radius 3 is 2.72 bits per heavy atom. The van der Waals surface area contributed by atoms with Crippen molar-refractivity contribution < 1.29 is 4.79 Å². The number of carbonyl (C=O) groups excluding carboxylic acids is 1. The van der Waals surface area contributed by atoms with Gasteiger partial charge in [-0.05, 0) is 17.5 Å². The second-order valence-corrected chi connectivity index (χ2v) is 9.24. The van der Waals surface area contributed by atoms with E-state index < -0.39 is 0 Å². The van der Waals surface area contributed by atoms with Crippen LogP contribution in [-0.2, 0) is 7.05 Å². The highest BCUT2D eigenvalue weighted by Crippen LogP contribution is 2.35. The van der Waals surface area contributed by atoms with Gasteiger partial charge in [0.25, 0.3) is 5.91 Å². The number of aromatic nitrogens is 4. The van der Waals surface area contributed by atoms with Crippen LogP contribution < -0.4 is 10.6 Å². The number of nitrogens with zero attached hydrogens (tertiary/aromatic N) is 4. The summed E-state index contributed by atoms with van der Waals surface area (Å²) in [4.78, 5) is 27.4. The van der Waals surface area contributed by atoms with E-state index in [0.717, 1.165) is 37.8 Å². The van der Waals surface area contributed by atoms with Crippen molar-refractivity contribution >= 4 is 44.4 Å². The lowest BCUT2D eigenvalue weighted by atomic mass is 9.97. The van der Waals surface area contributed by atoms with E-state index in [1.165, 1.54) is 11.3 Å². The van der Waals surface area contributed by atoms with Crippen LogP contribution in [-0.4, -0.2) is 39.0 Å². The van der Waals surface area contributed by atoms with E-state index in [2.05, 4.69) is 41.4 Å². The Balaban J connectivity index is 1.75. The number of aryl methyl sites for hydroxylation is 1. The van der Waals surface area contributed by atoms with Crippen molar-refractivity contribution in [1.29, 1.82) is 0 Å². The normalized spacial score (nSPS) is 11.9. The lowest BCUT2D eigenvalue weighted by Gasteiger charge is -2.18. The molecule has 29 heavy (non-hydrogen) atoms. The summed E-state index contributed by atoms with van der Waals surface area (Å²) in [5.41, 5.74) is 4.13. The van der Waals surface area contributed by atoms with Gasteiger partial charge in [-0.2, -0.15) is 0 Å². The summed E-state index contributed by atoms with van der Waals surface area (Å²) in [5, 5.41) is 6.94. The van der Waals surface area contributed by atoms with E-state index in [1.54, 1.807) is 6.33 Å². The maximum Gasteiger partial charge on any atom is 0.251 e. The molecule has 4 aromatic rings. The number of hydrogen-bond donors (Lipinski definition) is 2. The Bertz CT molecular complexity index is 1220. The van der Waals surface area contributed by atoms with E-state index in [0.29, 0.717) is 12.1 Å². The zero-order valence-electron chi connectivity index (χ0n) is 17.2. The molecule has 3 aromatic heterocycles. The zero-order chi connectivity index (χ0) is 20.8. The number of anilines is 1. The van der Waals surface area contributed by atoms with Crippen LogP contribution in [0.2, 0.25) is 0 Å². The third-order valence-electron chi connectivity index (χ3n) is 4.60. The summed E-state index contributed by atoms with van der Waals surface area (Å²) in [6.07, 6.45) is 1.77. The number of hydrogen-bond acceptors (Lipinski definition) is 6. The molecule has 4 rings (SSSR count). The molecule has 1 aromatic carbocycles. The van der Waals surface area contributed by atoms with Gasteiger partial charge in [0.05, 0.1) is 6.33 Å². The highest BCUT2D eigenvalue weighted by atomic mass is 32.1. The fraction of sp³-hybridized carbons (Fsp3) is 0.333. The first kappa shape index (κ1) is 19.3. The molecule has 7 nitrogen and oxygen atoms in total. The second kappa shape index (κ2) is 7.11. The lowest BCUT2D eigenvalue weighted by molar-refractivity contribution is 0.0939. The van der Waals surface area contributed by atoms with Crippen molar-refractivity contribution in [3.8, 4) is 10.6 Å². The molecule has 0 aliphatic rings. The Hall–Kier alpha value is -3.00. The number of nitrogens with one attached hydrogen (secondary N) is 2. The number of imidazole rings is 1. The van der Waals surface area contributed by atoms with E-state index in [4.69, 9.17) is 4.98 Å². The average molecular weight is 409 g/mol. The SMILES string of the molecule is CNc1nc2sc(-c3cccc(C(=O)NCC(C)(C)C)c3)nc2c2c1ncn2C. The quantitative estimate of drug-likeness (QED) is 0.532. The number of benzene rings is 1. The first-order valence-corrected chi connectivity index (χ1v) is 10.3. The van der Waals surface area contributed by atoms with Crippen LogP contribution in [0, 0.1) is 5.41 Å². The van der Waals surface area contributed by atoms with Crippen molar-refractivity contribution in [2.45, 2.75) is 20.8 Å². The maximum atomic E-state index is 12.6. The van der Waals surface area contributed by atoms with Crippen molar-refractivity contribution in [3.63, 3.8) is 0 Å². The van der Waals surface area contributed by atoms with E-state index in [1.807, 2.05) is 42.9 Å². The van der Waals surface area contributed by atoms with Gasteiger partial charge in [0, 0.05) is 31.8 Å². The molecular weight excluding hydrogens is 384 g/mol. The van der Waals surface area contributed by atoms with Gasteiger partial charge >= 0.3 is 0 Å². The molecule has 1 amide bonds. The molecule has 0 radical (unpaired) electrons. The predicted octanol–water partition coefficient (Wildman–Crippen LogP) is 4.06. The van der Waals surface area contributed by atoms with Crippen molar-refractivity contribution in [3.05, 3.63) is 36.2 Å². The molecule has 3 heterocycles. The van der Waals surface area contributed by atoms with Crippen LogP contribution in [0.1, 0.15) is 31.1 Å². The van der Waals surface area contributed by atoms with Gasteiger partial charge in [0.2, 0.25) is 0 Å². The standard InChI is InChI=1S/C21H24N6OS/c1-21(2,3)10-23-18(28)12-7-6-8-13(9-12)19-25-15-16-14(24-11-27(16)5)17(22-4)26-20(15)29-19/h6-9,11H,10H2,1-5H3,(H,22,26)(H,23,28). The summed E-state index contributed by atoms with van der Waals surface area (Å²) >= 11 is 1.51. The molecule has 0 atom stereocenters. The van der Waals surface area contributed by atoms with Crippen LogP contribution in [0.3, 0.4) is 0 Å². The number of amides is 1. The van der Waals surface area contributed by atoms with Crippen molar-refractivity contribution in [1.82, 2.24) is 24.8 Å². The Labute approximate surface area is 173 Å². The Morgan fingerprint density at radius 1 is 1.21 bits per heavy atom. The molecule has 8 heteroatoms. The topological polar surface area (TPSA) is 84.7 Å². The van der Waals surface area contributed by atoms with Gasteiger partial charge in [0.15, 0.2) is 5.82 Å². The van der Waals surface area contributed by atoms with Crippen LogP contribution in [0.5, 0.6) is 0 Å². The largest absolute Gasteiger partial charge is 0.371 e.